The van der Waals surface area contributed by atoms with E-state index in [0.717, 1.165) is 0 Å². The van der Waals surface area contributed by atoms with Crippen LogP contribution in [0.3, 0.4) is 0 Å². The first-order chi connectivity index (χ1) is 6.70. The molecule has 8 heteroatoms. The molecule has 4 N–H and O–H groups in total. The molecule has 0 aliphatic carbocycles. The van der Waals surface area contributed by atoms with Gasteiger partial charge >= 0.3 is 12.2 Å². The number of aliphatic hydroxyl groups is 2. The predicted molar refractivity (Wildman–Crippen MR) is 43.1 cm³/mol. The number of carbonyl (C=O) groups is 2. The summed E-state index contributed by atoms with van der Waals surface area (Å²) in [6, 6.07) is 0. The molecule has 0 radical (unpaired) electrons. The normalized spacial score (nSPS) is 9.00. The second-order valence-electron chi connectivity index (χ2n) is 1.97. The summed E-state index contributed by atoms with van der Waals surface area (Å²) in [7, 11) is 0. The van der Waals surface area contributed by atoms with Crippen molar-refractivity contribution in [1.29, 1.82) is 0 Å². The van der Waals surface area contributed by atoms with Gasteiger partial charge < -0.3 is 19.7 Å². The largest absolute Gasteiger partial charge is 0.446 e. The molecule has 0 fully saturated rings. The molecule has 0 spiro atoms. The molecule has 0 bridgehead atoms. The molecule has 0 rings (SSSR count). The van der Waals surface area contributed by atoms with E-state index in [9.17, 15) is 9.59 Å². The third kappa shape index (κ3) is 7.13. The highest BCUT2D eigenvalue weighted by atomic mass is 16.6. The number of hydrogen-bond acceptors (Lipinski definition) is 6. The van der Waals surface area contributed by atoms with Crippen molar-refractivity contribution < 1.29 is 29.3 Å². The van der Waals surface area contributed by atoms with Gasteiger partial charge in [-0.25, -0.2) is 20.4 Å². The molecule has 0 aromatic heterocycles. The molecule has 82 valence electrons. The number of carbonyl (C=O) groups excluding carboxylic acids is 2. The van der Waals surface area contributed by atoms with Crippen LogP contribution in [0.15, 0.2) is 0 Å². The fraction of sp³-hybridized carbons (Fsp3) is 0.667. The van der Waals surface area contributed by atoms with Crippen molar-refractivity contribution in [3.05, 3.63) is 0 Å². The summed E-state index contributed by atoms with van der Waals surface area (Å²) in [5.41, 5.74) is 3.70. The molecule has 0 aromatic rings. The Morgan fingerprint density at radius 2 is 1.29 bits per heavy atom. The van der Waals surface area contributed by atoms with Crippen LogP contribution in [0.25, 0.3) is 0 Å². The quantitative estimate of drug-likeness (QED) is 0.411. The average Bonchev–Trinajstić information content (AvgIpc) is 2.20. The van der Waals surface area contributed by atoms with Gasteiger partial charge in [-0.15, -0.1) is 0 Å². The maximum Gasteiger partial charge on any atom is 0.426 e. The van der Waals surface area contributed by atoms with Crippen LogP contribution >= 0.6 is 0 Å². The van der Waals surface area contributed by atoms with Gasteiger partial charge in [0.15, 0.2) is 0 Å². The first-order valence-electron chi connectivity index (χ1n) is 3.78. The molecule has 0 saturated heterocycles. The molecule has 2 amide bonds. The van der Waals surface area contributed by atoms with Crippen LogP contribution < -0.4 is 10.9 Å². The number of aliphatic hydroxyl groups excluding tert-OH is 2. The van der Waals surface area contributed by atoms with Gasteiger partial charge in [0.1, 0.15) is 13.2 Å². The molecule has 0 saturated carbocycles. The van der Waals surface area contributed by atoms with Crippen molar-refractivity contribution in [2.75, 3.05) is 26.4 Å². The zero-order valence-electron chi connectivity index (χ0n) is 7.36. The van der Waals surface area contributed by atoms with E-state index in [1.165, 1.54) is 0 Å². The summed E-state index contributed by atoms with van der Waals surface area (Å²) in [5, 5.41) is 16.5. The Labute approximate surface area is 79.8 Å². The van der Waals surface area contributed by atoms with Crippen molar-refractivity contribution in [1.82, 2.24) is 10.9 Å². The van der Waals surface area contributed by atoms with Crippen LogP contribution in [0.2, 0.25) is 0 Å². The van der Waals surface area contributed by atoms with E-state index in [-0.39, 0.29) is 26.4 Å². The van der Waals surface area contributed by atoms with Gasteiger partial charge in [0.25, 0.3) is 0 Å². The highest BCUT2D eigenvalue weighted by Crippen LogP contribution is 1.77. The summed E-state index contributed by atoms with van der Waals surface area (Å²) in [4.78, 5) is 21.2. The third-order valence-electron chi connectivity index (χ3n) is 0.916. The minimum atomic E-state index is -0.917. The van der Waals surface area contributed by atoms with Gasteiger partial charge in [0, 0.05) is 0 Å². The van der Waals surface area contributed by atoms with Crippen LogP contribution in [-0.2, 0) is 9.47 Å². The fourth-order valence-corrected chi connectivity index (χ4v) is 0.451. The molecule has 0 aliphatic rings. The van der Waals surface area contributed by atoms with Gasteiger partial charge in [0.2, 0.25) is 0 Å². The maximum atomic E-state index is 10.6. The monoisotopic (exact) mass is 208 g/mol. The van der Waals surface area contributed by atoms with Crippen LogP contribution in [-0.4, -0.2) is 48.8 Å². The summed E-state index contributed by atoms with van der Waals surface area (Å²) in [6.45, 7) is -0.941. The van der Waals surface area contributed by atoms with E-state index < -0.39 is 12.2 Å². The van der Waals surface area contributed by atoms with Gasteiger partial charge in [-0.2, -0.15) is 0 Å². The Hall–Kier alpha value is -1.54. The third-order valence-corrected chi connectivity index (χ3v) is 0.916. The lowest BCUT2D eigenvalue weighted by atomic mass is 10.8. The highest BCUT2D eigenvalue weighted by molar-refractivity contribution is 5.73. The Morgan fingerprint density at radius 3 is 1.57 bits per heavy atom. The second kappa shape index (κ2) is 8.08. The van der Waals surface area contributed by atoms with E-state index in [1.54, 1.807) is 0 Å². The van der Waals surface area contributed by atoms with Gasteiger partial charge in [-0.3, -0.25) is 0 Å². The van der Waals surface area contributed by atoms with Crippen LogP contribution in [0, 0.1) is 0 Å². The van der Waals surface area contributed by atoms with Gasteiger partial charge in [-0.05, 0) is 0 Å². The number of amides is 2. The SMILES string of the molecule is O=C(NNC(=O)OCCO)OCCO. The maximum absolute atomic E-state index is 10.6. The Balaban J connectivity index is 3.41. The average molecular weight is 208 g/mol. The molecular formula is C6H12N2O6. The number of nitrogens with one attached hydrogen (secondary N) is 2. The lowest BCUT2D eigenvalue weighted by Gasteiger charge is -2.07. The Morgan fingerprint density at radius 1 is 0.929 bits per heavy atom. The fourth-order valence-electron chi connectivity index (χ4n) is 0.451. The van der Waals surface area contributed by atoms with Crippen LogP contribution in [0.5, 0.6) is 0 Å². The lowest BCUT2D eigenvalue weighted by molar-refractivity contribution is 0.101. The molecule has 0 aliphatic heterocycles. The molecule has 0 heterocycles. The molecule has 14 heavy (non-hydrogen) atoms. The zero-order chi connectivity index (χ0) is 10.8. The number of hydrogen-bond donors (Lipinski definition) is 4. The second-order valence-corrected chi connectivity index (χ2v) is 1.97. The predicted octanol–water partition coefficient (Wildman–Crippen LogP) is -1.66. The van der Waals surface area contributed by atoms with E-state index in [4.69, 9.17) is 10.2 Å². The van der Waals surface area contributed by atoms with Crippen LogP contribution in [0.4, 0.5) is 9.59 Å². The minimum Gasteiger partial charge on any atom is -0.446 e. The highest BCUT2D eigenvalue weighted by Gasteiger charge is 2.04. The summed E-state index contributed by atoms with van der Waals surface area (Å²) in [6.07, 6.45) is -1.83. The first kappa shape index (κ1) is 12.5. The molecule has 0 unspecified atom stereocenters. The smallest absolute Gasteiger partial charge is 0.426 e. The Kier molecular flexibility index (Phi) is 7.19. The zero-order valence-corrected chi connectivity index (χ0v) is 7.36. The summed E-state index contributed by atoms with van der Waals surface area (Å²) >= 11 is 0. The number of hydrazine groups is 1. The summed E-state index contributed by atoms with van der Waals surface area (Å²) in [5.74, 6) is 0. The Bertz CT molecular complexity index is 165. The first-order valence-corrected chi connectivity index (χ1v) is 3.78. The van der Waals surface area contributed by atoms with E-state index >= 15 is 0 Å². The summed E-state index contributed by atoms with van der Waals surface area (Å²) < 4.78 is 8.65. The van der Waals surface area contributed by atoms with Crippen LogP contribution in [0.1, 0.15) is 0 Å². The molecule has 0 aromatic carbocycles. The van der Waals surface area contributed by atoms with E-state index in [0.29, 0.717) is 0 Å². The van der Waals surface area contributed by atoms with Gasteiger partial charge in [-0.1, -0.05) is 0 Å². The molecular weight excluding hydrogens is 196 g/mol. The topological polar surface area (TPSA) is 117 Å². The van der Waals surface area contributed by atoms with Gasteiger partial charge in [0.05, 0.1) is 13.2 Å². The number of ether oxygens (including phenoxy) is 2. The molecule has 0 atom stereocenters. The van der Waals surface area contributed by atoms with E-state index in [1.807, 2.05) is 10.9 Å². The van der Waals surface area contributed by atoms with Crippen molar-refractivity contribution in [3.63, 3.8) is 0 Å². The van der Waals surface area contributed by atoms with Crippen molar-refractivity contribution >= 4 is 12.2 Å². The molecule has 8 nitrogen and oxygen atoms in total. The lowest BCUT2D eigenvalue weighted by Crippen LogP contribution is -2.42. The van der Waals surface area contributed by atoms with E-state index in [2.05, 4.69) is 9.47 Å². The minimum absolute atomic E-state index is 0.167. The standard InChI is InChI=1S/C6H12N2O6/c9-1-3-13-5(11)7-8-6(12)14-4-2-10/h9-10H,1-4H2,(H,7,11)(H,8,12). The van der Waals surface area contributed by atoms with Crippen molar-refractivity contribution in [2.45, 2.75) is 0 Å². The van der Waals surface area contributed by atoms with Crippen molar-refractivity contribution in [2.24, 2.45) is 0 Å². The van der Waals surface area contributed by atoms with Crippen molar-refractivity contribution in [3.8, 4) is 0 Å². The number of rotatable bonds is 4.